The summed E-state index contributed by atoms with van der Waals surface area (Å²) in [6.07, 6.45) is 7.34. The molecule has 0 N–H and O–H groups in total. The van der Waals surface area contributed by atoms with E-state index in [-0.39, 0.29) is 6.10 Å². The van der Waals surface area contributed by atoms with E-state index in [0.717, 1.165) is 55.7 Å². The lowest BCUT2D eigenvalue weighted by molar-refractivity contribution is -0.0776. The molecule has 1 aromatic rings. The number of ether oxygens (including phenoxy) is 1. The Morgan fingerprint density at radius 1 is 1.33 bits per heavy atom. The first-order valence-corrected chi connectivity index (χ1v) is 11.1. The van der Waals surface area contributed by atoms with Crippen molar-refractivity contribution in [2.24, 2.45) is 4.99 Å². The number of thioether (sulfide) groups is 1. The standard InChI is InChI=1S/C20H27ClN4OS/c1-15-12-25(18-7-9-24(10-8-18)20(27-2)23-14-22)19(13-26-15)11-16-3-5-17(21)6-4-16/h3-6,15,18-19H,7-13H2,1-2H3/t15-,19-/m0/s1. The molecule has 0 spiro atoms. The molecular formula is C20H27ClN4OS. The van der Waals surface area contributed by atoms with E-state index in [0.29, 0.717) is 12.1 Å². The van der Waals surface area contributed by atoms with E-state index in [1.165, 1.54) is 5.56 Å². The molecule has 0 unspecified atom stereocenters. The van der Waals surface area contributed by atoms with Gasteiger partial charge in [-0.2, -0.15) is 5.26 Å². The minimum absolute atomic E-state index is 0.270. The molecule has 0 saturated carbocycles. The third kappa shape index (κ3) is 5.39. The molecule has 0 aliphatic carbocycles. The quantitative estimate of drug-likeness (QED) is 0.435. The maximum absolute atomic E-state index is 8.87. The number of aliphatic imine (C=N–C) groups is 1. The van der Waals surface area contributed by atoms with E-state index in [1.807, 2.05) is 24.6 Å². The molecule has 0 amide bonds. The van der Waals surface area contributed by atoms with Gasteiger partial charge in [-0.3, -0.25) is 4.90 Å². The van der Waals surface area contributed by atoms with E-state index in [4.69, 9.17) is 21.6 Å². The molecule has 27 heavy (non-hydrogen) atoms. The largest absolute Gasteiger partial charge is 0.376 e. The van der Waals surface area contributed by atoms with Crippen molar-refractivity contribution >= 4 is 28.5 Å². The zero-order chi connectivity index (χ0) is 19.2. The number of hydrogen-bond donors (Lipinski definition) is 0. The molecule has 146 valence electrons. The molecular weight excluding hydrogens is 380 g/mol. The number of nitriles is 1. The molecule has 2 fully saturated rings. The molecule has 2 atom stereocenters. The molecule has 2 aliphatic rings. The smallest absolute Gasteiger partial charge is 0.208 e. The lowest BCUT2D eigenvalue weighted by atomic mass is 9.96. The number of amidine groups is 1. The summed E-state index contributed by atoms with van der Waals surface area (Å²) in [6.45, 7) is 5.81. The topological polar surface area (TPSA) is 51.9 Å². The number of morpholine rings is 1. The molecule has 2 aliphatic heterocycles. The van der Waals surface area contributed by atoms with Crippen LogP contribution in [0.15, 0.2) is 29.3 Å². The summed E-state index contributed by atoms with van der Waals surface area (Å²) in [5.74, 6) is 0. The Morgan fingerprint density at radius 3 is 2.67 bits per heavy atom. The van der Waals surface area contributed by atoms with Gasteiger partial charge in [-0.05, 0) is 50.1 Å². The molecule has 2 saturated heterocycles. The van der Waals surface area contributed by atoms with Crippen LogP contribution in [0, 0.1) is 11.5 Å². The molecule has 5 nitrogen and oxygen atoms in total. The van der Waals surface area contributed by atoms with Gasteiger partial charge in [0, 0.05) is 36.7 Å². The van der Waals surface area contributed by atoms with Crippen LogP contribution in [0.3, 0.4) is 0 Å². The maximum Gasteiger partial charge on any atom is 0.208 e. The van der Waals surface area contributed by atoms with Crippen molar-refractivity contribution in [2.75, 3.05) is 32.5 Å². The van der Waals surface area contributed by atoms with Gasteiger partial charge in [0.2, 0.25) is 6.19 Å². The third-order valence-corrected chi connectivity index (χ3v) is 6.39. The number of benzene rings is 1. The second-order valence-corrected chi connectivity index (χ2v) is 8.45. The van der Waals surface area contributed by atoms with Crippen molar-refractivity contribution in [1.29, 1.82) is 5.26 Å². The van der Waals surface area contributed by atoms with Gasteiger partial charge in [-0.15, -0.1) is 4.99 Å². The Bertz CT molecular complexity index is 682. The Labute approximate surface area is 171 Å². The lowest BCUT2D eigenvalue weighted by Gasteiger charge is -2.46. The van der Waals surface area contributed by atoms with Crippen LogP contribution in [0.5, 0.6) is 0 Å². The number of hydrogen-bond acceptors (Lipinski definition) is 5. The van der Waals surface area contributed by atoms with Gasteiger partial charge in [0.1, 0.15) is 0 Å². The summed E-state index contributed by atoms with van der Waals surface area (Å²) in [7, 11) is 0. The van der Waals surface area contributed by atoms with Crippen molar-refractivity contribution in [3.05, 3.63) is 34.9 Å². The van der Waals surface area contributed by atoms with Crippen LogP contribution < -0.4 is 0 Å². The summed E-state index contributed by atoms with van der Waals surface area (Å²) < 4.78 is 5.98. The average Bonchev–Trinajstić information content (AvgIpc) is 2.69. The fourth-order valence-corrected chi connectivity index (χ4v) is 4.76. The van der Waals surface area contributed by atoms with Crippen LogP contribution in [-0.2, 0) is 11.2 Å². The van der Waals surface area contributed by atoms with Gasteiger partial charge in [-0.1, -0.05) is 35.5 Å². The number of likely N-dealkylation sites (tertiary alicyclic amines) is 1. The number of rotatable bonds is 3. The summed E-state index contributed by atoms with van der Waals surface area (Å²) >= 11 is 7.58. The summed E-state index contributed by atoms with van der Waals surface area (Å²) in [5, 5.41) is 10.5. The van der Waals surface area contributed by atoms with E-state index in [2.05, 4.69) is 33.8 Å². The highest BCUT2D eigenvalue weighted by atomic mass is 35.5. The SMILES string of the molecule is CSC(=NC#N)N1CCC(N2C[C@H](C)OC[C@@H]2Cc2ccc(Cl)cc2)CC1. The molecule has 2 heterocycles. The zero-order valence-corrected chi connectivity index (χ0v) is 17.5. The Balaban J connectivity index is 1.64. The lowest BCUT2D eigenvalue weighted by Crippen LogP contribution is -2.57. The van der Waals surface area contributed by atoms with Gasteiger partial charge >= 0.3 is 0 Å². The first-order valence-electron chi connectivity index (χ1n) is 9.48. The first kappa shape index (κ1) is 20.5. The van der Waals surface area contributed by atoms with Gasteiger partial charge in [0.15, 0.2) is 5.17 Å². The van der Waals surface area contributed by atoms with Crippen molar-refractivity contribution in [2.45, 2.75) is 44.4 Å². The minimum Gasteiger partial charge on any atom is -0.376 e. The Hall–Kier alpha value is -1.26. The van der Waals surface area contributed by atoms with Crippen LogP contribution in [0.4, 0.5) is 0 Å². The summed E-state index contributed by atoms with van der Waals surface area (Å²) in [4.78, 5) is 8.85. The minimum atomic E-state index is 0.270. The highest BCUT2D eigenvalue weighted by Crippen LogP contribution is 2.26. The highest BCUT2D eigenvalue weighted by molar-refractivity contribution is 8.13. The highest BCUT2D eigenvalue weighted by Gasteiger charge is 2.34. The van der Waals surface area contributed by atoms with Crippen molar-refractivity contribution in [3.63, 3.8) is 0 Å². The monoisotopic (exact) mass is 406 g/mol. The van der Waals surface area contributed by atoms with Crippen molar-refractivity contribution < 1.29 is 4.74 Å². The fraction of sp³-hybridized carbons (Fsp3) is 0.600. The second-order valence-electron chi connectivity index (χ2n) is 7.24. The Morgan fingerprint density at radius 2 is 2.04 bits per heavy atom. The maximum atomic E-state index is 8.87. The number of halogens is 1. The van der Waals surface area contributed by atoms with Gasteiger partial charge in [0.05, 0.1) is 12.7 Å². The van der Waals surface area contributed by atoms with Gasteiger partial charge < -0.3 is 9.64 Å². The van der Waals surface area contributed by atoms with E-state index in [1.54, 1.807) is 11.8 Å². The molecule has 0 radical (unpaired) electrons. The molecule has 0 aromatic heterocycles. The predicted octanol–water partition coefficient (Wildman–Crippen LogP) is 3.64. The van der Waals surface area contributed by atoms with Gasteiger partial charge in [0.25, 0.3) is 0 Å². The predicted molar refractivity (Wildman–Crippen MR) is 112 cm³/mol. The number of piperidine rings is 1. The molecule has 1 aromatic carbocycles. The summed E-state index contributed by atoms with van der Waals surface area (Å²) in [6, 6.07) is 9.10. The van der Waals surface area contributed by atoms with E-state index in [9.17, 15) is 0 Å². The van der Waals surface area contributed by atoms with Crippen LogP contribution in [-0.4, -0.2) is 65.7 Å². The van der Waals surface area contributed by atoms with Crippen molar-refractivity contribution in [1.82, 2.24) is 9.80 Å². The van der Waals surface area contributed by atoms with Gasteiger partial charge in [-0.25, -0.2) is 0 Å². The van der Waals surface area contributed by atoms with Crippen LogP contribution in [0.25, 0.3) is 0 Å². The molecule has 0 bridgehead atoms. The third-order valence-electron chi connectivity index (χ3n) is 5.43. The van der Waals surface area contributed by atoms with E-state index >= 15 is 0 Å². The zero-order valence-electron chi connectivity index (χ0n) is 16.0. The normalized spacial score (nSPS) is 25.4. The Kier molecular flexibility index (Phi) is 7.42. The van der Waals surface area contributed by atoms with Crippen molar-refractivity contribution in [3.8, 4) is 6.19 Å². The van der Waals surface area contributed by atoms with E-state index < -0.39 is 0 Å². The van der Waals surface area contributed by atoms with Crippen LogP contribution >= 0.6 is 23.4 Å². The first-order chi connectivity index (χ1) is 13.1. The molecule has 3 rings (SSSR count). The fourth-order valence-electron chi connectivity index (χ4n) is 4.06. The number of nitrogens with zero attached hydrogens (tertiary/aromatic N) is 4. The summed E-state index contributed by atoms with van der Waals surface area (Å²) in [5.41, 5.74) is 1.30. The van der Waals surface area contributed by atoms with Crippen LogP contribution in [0.1, 0.15) is 25.3 Å². The average molecular weight is 407 g/mol. The molecule has 7 heteroatoms. The van der Waals surface area contributed by atoms with Crippen LogP contribution in [0.2, 0.25) is 5.02 Å². The second kappa shape index (κ2) is 9.79.